The van der Waals surface area contributed by atoms with Crippen LogP contribution < -0.4 is 10.1 Å². The molecular weight excluding hydrogens is 322 g/mol. The lowest BCUT2D eigenvalue weighted by atomic mass is 10.2. The summed E-state index contributed by atoms with van der Waals surface area (Å²) < 4.78 is 11.8. The summed E-state index contributed by atoms with van der Waals surface area (Å²) in [4.78, 5) is 0. The first-order valence-corrected chi connectivity index (χ1v) is 7.27. The van der Waals surface area contributed by atoms with E-state index in [-0.39, 0.29) is 12.6 Å². The number of nitrogens with one attached hydrogen (secondary N) is 1. The van der Waals surface area contributed by atoms with E-state index in [9.17, 15) is 5.11 Å². The van der Waals surface area contributed by atoms with Crippen molar-refractivity contribution in [2.75, 3.05) is 13.2 Å². The Kier molecular flexibility index (Phi) is 5.64. The largest absolute Gasteiger partial charge is 0.491 e. The number of halogens is 1. The molecule has 0 spiro atoms. The summed E-state index contributed by atoms with van der Waals surface area (Å²) in [5.74, 6) is 1.59. The number of ether oxygens (including phenoxy) is 1. The zero-order valence-electron chi connectivity index (χ0n) is 11.3. The summed E-state index contributed by atoms with van der Waals surface area (Å²) in [5, 5.41) is 13.1. The van der Waals surface area contributed by atoms with Gasteiger partial charge in [0.05, 0.1) is 12.3 Å². The van der Waals surface area contributed by atoms with E-state index in [2.05, 4.69) is 21.2 Å². The topological polar surface area (TPSA) is 54.6 Å². The van der Waals surface area contributed by atoms with E-state index < -0.39 is 6.10 Å². The van der Waals surface area contributed by atoms with Crippen LogP contribution in [-0.4, -0.2) is 24.4 Å². The summed E-state index contributed by atoms with van der Waals surface area (Å²) >= 11 is 3.36. The smallest absolute Gasteiger partial charge is 0.120 e. The Morgan fingerprint density at radius 1 is 1.30 bits per heavy atom. The van der Waals surface area contributed by atoms with Gasteiger partial charge in [0.2, 0.25) is 0 Å². The Hall–Kier alpha value is -1.30. The molecule has 1 aromatic carbocycles. The average molecular weight is 340 g/mol. The van der Waals surface area contributed by atoms with Crippen LogP contribution in [0.5, 0.6) is 5.75 Å². The van der Waals surface area contributed by atoms with Crippen molar-refractivity contribution in [3.8, 4) is 5.75 Å². The lowest BCUT2D eigenvalue weighted by Gasteiger charge is -2.16. The molecule has 20 heavy (non-hydrogen) atoms. The van der Waals surface area contributed by atoms with E-state index in [1.165, 1.54) is 0 Å². The molecule has 0 aliphatic rings. The molecule has 2 atom stereocenters. The highest BCUT2D eigenvalue weighted by Gasteiger charge is 2.11. The minimum absolute atomic E-state index is 0.0623. The fraction of sp³-hybridized carbons (Fsp3) is 0.333. The zero-order valence-corrected chi connectivity index (χ0v) is 12.8. The standard InChI is InChI=1S/C15H18BrNO3/c1-11(15-3-2-8-19-15)17-9-13(18)10-20-14-6-4-12(16)5-7-14/h2-8,11,13,17-18H,9-10H2,1H3/t11-,13?/m1/s1. The van der Waals surface area contributed by atoms with Crippen LogP contribution in [0.4, 0.5) is 0 Å². The summed E-state index contributed by atoms with van der Waals surface area (Å²) in [6.45, 7) is 2.68. The van der Waals surface area contributed by atoms with Gasteiger partial charge in [0, 0.05) is 11.0 Å². The van der Waals surface area contributed by atoms with Gasteiger partial charge < -0.3 is 19.6 Å². The van der Waals surface area contributed by atoms with E-state index in [4.69, 9.17) is 9.15 Å². The molecular formula is C15H18BrNO3. The highest BCUT2D eigenvalue weighted by molar-refractivity contribution is 9.10. The minimum atomic E-state index is -0.573. The molecule has 0 radical (unpaired) electrons. The monoisotopic (exact) mass is 339 g/mol. The Morgan fingerprint density at radius 3 is 2.70 bits per heavy atom. The highest BCUT2D eigenvalue weighted by Crippen LogP contribution is 2.16. The van der Waals surface area contributed by atoms with Gasteiger partial charge in [-0.05, 0) is 43.3 Å². The van der Waals surface area contributed by atoms with Crippen LogP contribution >= 0.6 is 15.9 Å². The van der Waals surface area contributed by atoms with Crippen LogP contribution in [0.2, 0.25) is 0 Å². The molecule has 0 aliphatic carbocycles. The summed E-state index contributed by atoms with van der Waals surface area (Å²) in [5.41, 5.74) is 0. The van der Waals surface area contributed by atoms with E-state index >= 15 is 0 Å². The molecule has 0 saturated carbocycles. The second-order valence-corrected chi connectivity index (χ2v) is 5.48. The molecule has 5 heteroatoms. The number of hydrogen-bond acceptors (Lipinski definition) is 4. The van der Waals surface area contributed by atoms with Crippen LogP contribution in [0.15, 0.2) is 51.6 Å². The third-order valence-electron chi connectivity index (χ3n) is 2.89. The van der Waals surface area contributed by atoms with Gasteiger partial charge in [0.1, 0.15) is 24.2 Å². The molecule has 0 bridgehead atoms. The second kappa shape index (κ2) is 7.47. The molecule has 4 nitrogen and oxygen atoms in total. The molecule has 0 fully saturated rings. The zero-order chi connectivity index (χ0) is 14.4. The van der Waals surface area contributed by atoms with Crippen LogP contribution in [0.3, 0.4) is 0 Å². The fourth-order valence-electron chi connectivity index (χ4n) is 1.73. The van der Waals surface area contributed by atoms with Gasteiger partial charge in [-0.1, -0.05) is 15.9 Å². The first kappa shape index (κ1) is 15.1. The van der Waals surface area contributed by atoms with E-state index in [0.717, 1.165) is 16.0 Å². The van der Waals surface area contributed by atoms with Gasteiger partial charge >= 0.3 is 0 Å². The highest BCUT2D eigenvalue weighted by atomic mass is 79.9. The van der Waals surface area contributed by atoms with Gasteiger partial charge in [0.15, 0.2) is 0 Å². The molecule has 0 saturated heterocycles. The second-order valence-electron chi connectivity index (χ2n) is 4.56. The SMILES string of the molecule is C[C@@H](NCC(O)COc1ccc(Br)cc1)c1ccco1. The minimum Gasteiger partial charge on any atom is -0.491 e. The van der Waals surface area contributed by atoms with E-state index in [1.807, 2.05) is 43.3 Å². The lowest BCUT2D eigenvalue weighted by molar-refractivity contribution is 0.103. The molecule has 1 aromatic heterocycles. The molecule has 2 N–H and O–H groups in total. The maximum atomic E-state index is 9.88. The van der Waals surface area contributed by atoms with Gasteiger partial charge in [-0.2, -0.15) is 0 Å². The van der Waals surface area contributed by atoms with Gasteiger partial charge in [-0.3, -0.25) is 0 Å². The van der Waals surface area contributed by atoms with E-state index in [1.54, 1.807) is 6.26 Å². The van der Waals surface area contributed by atoms with Gasteiger partial charge in [-0.15, -0.1) is 0 Å². The summed E-state index contributed by atoms with van der Waals surface area (Å²) in [6.07, 6.45) is 1.07. The normalized spacial score (nSPS) is 13.9. The Labute approximate surface area is 126 Å². The molecule has 1 heterocycles. The van der Waals surface area contributed by atoms with Crippen molar-refractivity contribution in [1.29, 1.82) is 0 Å². The maximum Gasteiger partial charge on any atom is 0.120 e. The molecule has 1 unspecified atom stereocenters. The van der Waals surface area contributed by atoms with Crippen molar-refractivity contribution in [1.82, 2.24) is 5.32 Å². The van der Waals surface area contributed by atoms with Crippen LogP contribution in [0.25, 0.3) is 0 Å². The fourth-order valence-corrected chi connectivity index (χ4v) is 2.00. The predicted molar refractivity (Wildman–Crippen MR) is 80.8 cm³/mol. The van der Waals surface area contributed by atoms with Crippen molar-refractivity contribution >= 4 is 15.9 Å². The predicted octanol–water partition coefficient (Wildman–Crippen LogP) is 3.13. The Morgan fingerprint density at radius 2 is 2.05 bits per heavy atom. The Bertz CT molecular complexity index is 498. The quantitative estimate of drug-likeness (QED) is 0.813. The van der Waals surface area contributed by atoms with Crippen LogP contribution in [0, 0.1) is 0 Å². The third kappa shape index (κ3) is 4.67. The number of hydrogen-bond donors (Lipinski definition) is 2. The maximum absolute atomic E-state index is 9.88. The average Bonchev–Trinajstić information content (AvgIpc) is 2.98. The number of aliphatic hydroxyl groups is 1. The summed E-state index contributed by atoms with van der Waals surface area (Å²) in [7, 11) is 0. The lowest BCUT2D eigenvalue weighted by Crippen LogP contribution is -2.32. The number of rotatable bonds is 7. The van der Waals surface area contributed by atoms with Crippen molar-refractivity contribution in [2.24, 2.45) is 0 Å². The van der Waals surface area contributed by atoms with Crippen molar-refractivity contribution < 1.29 is 14.3 Å². The van der Waals surface area contributed by atoms with Crippen molar-refractivity contribution in [3.05, 3.63) is 52.9 Å². The van der Waals surface area contributed by atoms with Crippen molar-refractivity contribution in [2.45, 2.75) is 19.1 Å². The van der Waals surface area contributed by atoms with Gasteiger partial charge in [0.25, 0.3) is 0 Å². The van der Waals surface area contributed by atoms with Crippen LogP contribution in [0.1, 0.15) is 18.7 Å². The molecule has 2 aromatic rings. The van der Waals surface area contributed by atoms with Gasteiger partial charge in [-0.25, -0.2) is 0 Å². The molecule has 2 rings (SSSR count). The van der Waals surface area contributed by atoms with Crippen LogP contribution in [-0.2, 0) is 0 Å². The third-order valence-corrected chi connectivity index (χ3v) is 3.41. The molecule has 108 valence electrons. The number of furan rings is 1. The van der Waals surface area contributed by atoms with Crippen molar-refractivity contribution in [3.63, 3.8) is 0 Å². The first-order valence-electron chi connectivity index (χ1n) is 6.48. The molecule has 0 amide bonds. The first-order chi connectivity index (χ1) is 9.65. The Balaban J connectivity index is 1.70. The number of benzene rings is 1. The number of aliphatic hydroxyl groups excluding tert-OH is 1. The molecule has 0 aliphatic heterocycles. The van der Waals surface area contributed by atoms with E-state index in [0.29, 0.717) is 6.54 Å². The summed E-state index contributed by atoms with van der Waals surface area (Å²) in [6, 6.07) is 11.3.